The van der Waals surface area contributed by atoms with E-state index < -0.39 is 0 Å². The summed E-state index contributed by atoms with van der Waals surface area (Å²) in [5.41, 5.74) is 4.92. The van der Waals surface area contributed by atoms with Crippen molar-refractivity contribution in [3.8, 4) is 0 Å². The van der Waals surface area contributed by atoms with Crippen LogP contribution >= 0.6 is 0 Å². The third-order valence-electron chi connectivity index (χ3n) is 3.16. The molecular weight excluding hydrogens is 271 g/mol. The number of hydrogen-bond donors (Lipinski definition) is 3. The number of halogens is 1. The SMILES string of the molecule is Cc1cc(NN)c(C(=O)NC(C)c2ccc(F)cc2)cn1. The number of nitrogen functional groups attached to an aromatic ring is 1. The van der Waals surface area contributed by atoms with Crippen LogP contribution in [0.3, 0.4) is 0 Å². The molecule has 0 aliphatic rings. The molecule has 0 saturated heterocycles. The molecule has 0 bridgehead atoms. The van der Waals surface area contributed by atoms with Crippen molar-refractivity contribution in [3.63, 3.8) is 0 Å². The van der Waals surface area contributed by atoms with Crippen LogP contribution in [0, 0.1) is 12.7 Å². The number of anilines is 1. The second-order valence-electron chi connectivity index (χ2n) is 4.76. The van der Waals surface area contributed by atoms with Crippen molar-refractivity contribution in [1.29, 1.82) is 0 Å². The number of aryl methyl sites for hydroxylation is 1. The van der Waals surface area contributed by atoms with Crippen LogP contribution in [-0.4, -0.2) is 10.9 Å². The summed E-state index contributed by atoms with van der Waals surface area (Å²) in [5.74, 6) is 4.81. The fourth-order valence-corrected chi connectivity index (χ4v) is 1.97. The van der Waals surface area contributed by atoms with Crippen LogP contribution in [0.1, 0.15) is 34.6 Å². The number of hydrazine groups is 1. The topological polar surface area (TPSA) is 80.0 Å². The molecule has 0 radical (unpaired) electrons. The maximum atomic E-state index is 12.9. The summed E-state index contributed by atoms with van der Waals surface area (Å²) < 4.78 is 12.9. The van der Waals surface area contributed by atoms with Crippen molar-refractivity contribution in [2.45, 2.75) is 19.9 Å². The van der Waals surface area contributed by atoms with E-state index >= 15 is 0 Å². The van der Waals surface area contributed by atoms with Crippen molar-refractivity contribution in [3.05, 3.63) is 59.2 Å². The number of nitrogens with zero attached hydrogens (tertiary/aromatic N) is 1. The van der Waals surface area contributed by atoms with E-state index in [-0.39, 0.29) is 17.8 Å². The van der Waals surface area contributed by atoms with E-state index in [9.17, 15) is 9.18 Å². The van der Waals surface area contributed by atoms with Crippen LogP contribution in [0.2, 0.25) is 0 Å². The van der Waals surface area contributed by atoms with Gasteiger partial charge >= 0.3 is 0 Å². The molecule has 1 atom stereocenters. The summed E-state index contributed by atoms with van der Waals surface area (Å²) in [5, 5.41) is 2.83. The van der Waals surface area contributed by atoms with Gasteiger partial charge in [-0.15, -0.1) is 0 Å². The predicted molar refractivity (Wildman–Crippen MR) is 79.1 cm³/mol. The largest absolute Gasteiger partial charge is 0.345 e. The Morgan fingerprint density at radius 2 is 2.00 bits per heavy atom. The molecule has 5 nitrogen and oxygen atoms in total. The summed E-state index contributed by atoms with van der Waals surface area (Å²) in [6.07, 6.45) is 1.47. The molecule has 2 rings (SSSR count). The number of nitrogens with one attached hydrogen (secondary N) is 2. The van der Waals surface area contributed by atoms with Gasteiger partial charge in [0.2, 0.25) is 0 Å². The number of benzene rings is 1. The molecule has 0 saturated carbocycles. The summed E-state index contributed by atoms with van der Waals surface area (Å²) in [4.78, 5) is 16.4. The van der Waals surface area contributed by atoms with Gasteiger partial charge in [0.15, 0.2) is 0 Å². The van der Waals surface area contributed by atoms with Crippen LogP contribution in [0.4, 0.5) is 10.1 Å². The Kier molecular flexibility index (Phi) is 4.49. The Hall–Kier alpha value is -2.47. The standard InChI is InChI=1S/C15H17FN4O/c1-9-7-14(20-17)13(8-18-9)15(21)19-10(2)11-3-5-12(16)6-4-11/h3-8,10H,17H2,1-2H3,(H,18,20)(H,19,21). The number of carbonyl (C=O) groups is 1. The molecule has 21 heavy (non-hydrogen) atoms. The molecule has 1 aromatic heterocycles. The summed E-state index contributed by atoms with van der Waals surface area (Å²) in [6, 6.07) is 7.42. The van der Waals surface area contributed by atoms with Gasteiger partial charge in [0.05, 0.1) is 17.3 Å². The zero-order valence-corrected chi connectivity index (χ0v) is 11.9. The Labute approximate surface area is 122 Å². The second-order valence-corrected chi connectivity index (χ2v) is 4.76. The fraction of sp³-hybridized carbons (Fsp3) is 0.200. The number of pyridine rings is 1. The number of amides is 1. The number of nitrogens with two attached hydrogens (primary N) is 1. The first-order valence-corrected chi connectivity index (χ1v) is 6.51. The molecule has 2 aromatic rings. The zero-order valence-electron chi connectivity index (χ0n) is 11.9. The third-order valence-corrected chi connectivity index (χ3v) is 3.16. The molecule has 0 fully saturated rings. The van der Waals surface area contributed by atoms with Gasteiger partial charge in [0.1, 0.15) is 5.82 Å². The number of carbonyl (C=O) groups excluding carboxylic acids is 1. The van der Waals surface area contributed by atoms with Crippen LogP contribution in [0.25, 0.3) is 0 Å². The van der Waals surface area contributed by atoms with E-state index in [0.29, 0.717) is 11.3 Å². The molecule has 1 unspecified atom stereocenters. The van der Waals surface area contributed by atoms with E-state index in [4.69, 9.17) is 5.84 Å². The highest BCUT2D eigenvalue weighted by Gasteiger charge is 2.15. The molecule has 1 heterocycles. The van der Waals surface area contributed by atoms with Gasteiger partial charge in [-0.2, -0.15) is 0 Å². The number of hydrogen-bond acceptors (Lipinski definition) is 4. The first-order valence-electron chi connectivity index (χ1n) is 6.51. The highest BCUT2D eigenvalue weighted by Crippen LogP contribution is 2.17. The Bertz CT molecular complexity index is 643. The van der Waals surface area contributed by atoms with Crippen molar-refractivity contribution in [2.24, 2.45) is 5.84 Å². The monoisotopic (exact) mass is 288 g/mol. The number of rotatable bonds is 4. The van der Waals surface area contributed by atoms with Gasteiger partial charge in [-0.25, -0.2) is 4.39 Å². The van der Waals surface area contributed by atoms with Gasteiger partial charge in [-0.1, -0.05) is 12.1 Å². The minimum atomic E-state index is -0.311. The highest BCUT2D eigenvalue weighted by atomic mass is 19.1. The van der Waals surface area contributed by atoms with Crippen LogP contribution in [0.5, 0.6) is 0 Å². The molecule has 0 spiro atoms. The smallest absolute Gasteiger partial charge is 0.255 e. The maximum Gasteiger partial charge on any atom is 0.255 e. The highest BCUT2D eigenvalue weighted by molar-refractivity contribution is 5.99. The Balaban J connectivity index is 2.16. The lowest BCUT2D eigenvalue weighted by Crippen LogP contribution is -2.28. The molecule has 0 aliphatic heterocycles. The Morgan fingerprint density at radius 1 is 1.33 bits per heavy atom. The lowest BCUT2D eigenvalue weighted by atomic mass is 10.1. The second kappa shape index (κ2) is 6.32. The van der Waals surface area contributed by atoms with Gasteiger partial charge < -0.3 is 10.7 Å². The number of aromatic nitrogens is 1. The average Bonchev–Trinajstić information content (AvgIpc) is 2.47. The van der Waals surface area contributed by atoms with Crippen molar-refractivity contribution >= 4 is 11.6 Å². The van der Waals surface area contributed by atoms with E-state index in [2.05, 4.69) is 15.7 Å². The Morgan fingerprint density at radius 3 is 2.62 bits per heavy atom. The lowest BCUT2D eigenvalue weighted by Gasteiger charge is -2.16. The maximum absolute atomic E-state index is 12.9. The summed E-state index contributed by atoms with van der Waals surface area (Å²) >= 11 is 0. The first kappa shape index (κ1) is 14.9. The van der Waals surface area contributed by atoms with Crippen molar-refractivity contribution in [1.82, 2.24) is 10.3 Å². The van der Waals surface area contributed by atoms with E-state index in [1.165, 1.54) is 18.3 Å². The minimum Gasteiger partial charge on any atom is -0.345 e. The molecule has 110 valence electrons. The molecule has 0 aliphatic carbocycles. The van der Waals surface area contributed by atoms with Crippen LogP contribution in [-0.2, 0) is 0 Å². The quantitative estimate of drug-likeness (QED) is 0.596. The normalized spacial score (nSPS) is 11.8. The lowest BCUT2D eigenvalue weighted by molar-refractivity contribution is 0.0940. The molecule has 4 N–H and O–H groups in total. The van der Waals surface area contributed by atoms with E-state index in [0.717, 1.165) is 11.3 Å². The van der Waals surface area contributed by atoms with Gasteiger partial charge in [0.25, 0.3) is 5.91 Å². The molecular formula is C15H17FN4O. The fourth-order valence-electron chi connectivity index (χ4n) is 1.97. The van der Waals surface area contributed by atoms with Crippen LogP contribution < -0.4 is 16.6 Å². The van der Waals surface area contributed by atoms with Gasteiger partial charge in [-0.05, 0) is 37.6 Å². The van der Waals surface area contributed by atoms with Crippen molar-refractivity contribution in [2.75, 3.05) is 5.43 Å². The van der Waals surface area contributed by atoms with Crippen molar-refractivity contribution < 1.29 is 9.18 Å². The summed E-state index contributed by atoms with van der Waals surface area (Å²) in [6.45, 7) is 3.63. The average molecular weight is 288 g/mol. The molecule has 1 aromatic carbocycles. The summed E-state index contributed by atoms with van der Waals surface area (Å²) in [7, 11) is 0. The van der Waals surface area contributed by atoms with E-state index in [1.54, 1.807) is 18.2 Å². The molecule has 1 amide bonds. The van der Waals surface area contributed by atoms with Gasteiger partial charge in [-0.3, -0.25) is 15.6 Å². The third kappa shape index (κ3) is 3.55. The van der Waals surface area contributed by atoms with E-state index in [1.807, 2.05) is 13.8 Å². The van der Waals surface area contributed by atoms with Gasteiger partial charge in [0, 0.05) is 11.9 Å². The predicted octanol–water partition coefficient (Wildman–Crippen LogP) is 2.31. The van der Waals surface area contributed by atoms with Crippen LogP contribution in [0.15, 0.2) is 36.5 Å². The molecule has 6 heteroatoms. The minimum absolute atomic E-state index is 0.259. The zero-order chi connectivity index (χ0) is 15.4. The first-order chi connectivity index (χ1) is 10.0.